The fraction of sp³-hybridized carbons (Fsp3) is 0.278. The Labute approximate surface area is 153 Å². The van der Waals surface area contributed by atoms with Gasteiger partial charge in [0.05, 0.1) is 4.90 Å². The lowest BCUT2D eigenvalue weighted by Crippen LogP contribution is -2.30. The van der Waals surface area contributed by atoms with Gasteiger partial charge in [-0.15, -0.1) is 0 Å². The molecule has 0 aromatic heterocycles. The summed E-state index contributed by atoms with van der Waals surface area (Å²) in [5, 5.41) is 3.40. The molecule has 0 unspecified atom stereocenters. The van der Waals surface area contributed by atoms with Crippen LogP contribution in [-0.2, 0) is 10.0 Å². The lowest BCUT2D eigenvalue weighted by molar-refractivity contribution is 0.102. The second-order valence-corrected chi connectivity index (χ2v) is 7.90. The van der Waals surface area contributed by atoms with Crippen molar-refractivity contribution in [1.29, 1.82) is 0 Å². The molecule has 2 rings (SSSR count). The van der Waals surface area contributed by atoms with Crippen molar-refractivity contribution in [2.45, 2.75) is 25.7 Å². The number of amides is 1. The Hall–Kier alpha value is -1.89. The van der Waals surface area contributed by atoms with Crippen LogP contribution in [0.4, 0.5) is 5.69 Å². The molecular formula is C18H21ClN2O3S. The van der Waals surface area contributed by atoms with E-state index in [0.29, 0.717) is 29.4 Å². The normalized spacial score (nSPS) is 11.6. The monoisotopic (exact) mass is 380 g/mol. The van der Waals surface area contributed by atoms with Crippen molar-refractivity contribution in [2.75, 3.05) is 18.4 Å². The minimum atomic E-state index is -3.53. The van der Waals surface area contributed by atoms with Crippen LogP contribution in [-0.4, -0.2) is 31.7 Å². The van der Waals surface area contributed by atoms with E-state index in [0.717, 1.165) is 5.56 Å². The summed E-state index contributed by atoms with van der Waals surface area (Å²) in [5.74, 6) is -0.308. The number of carbonyl (C=O) groups is 1. The van der Waals surface area contributed by atoms with Gasteiger partial charge in [0.2, 0.25) is 10.0 Å². The summed E-state index contributed by atoms with van der Waals surface area (Å²) < 4.78 is 26.3. The zero-order valence-electron chi connectivity index (χ0n) is 14.4. The molecule has 7 heteroatoms. The van der Waals surface area contributed by atoms with Crippen LogP contribution in [0.25, 0.3) is 0 Å². The number of sulfonamides is 1. The Kier molecular flexibility index (Phi) is 6.21. The minimum Gasteiger partial charge on any atom is -0.322 e. The summed E-state index contributed by atoms with van der Waals surface area (Å²) in [7, 11) is -3.53. The van der Waals surface area contributed by atoms with Gasteiger partial charge in [-0.05, 0) is 55.0 Å². The van der Waals surface area contributed by atoms with Gasteiger partial charge in [0.25, 0.3) is 5.91 Å². The van der Waals surface area contributed by atoms with Gasteiger partial charge in [-0.2, -0.15) is 4.31 Å². The predicted molar refractivity (Wildman–Crippen MR) is 101 cm³/mol. The lowest BCUT2D eigenvalue weighted by atomic mass is 10.1. The van der Waals surface area contributed by atoms with Crippen LogP contribution in [0.1, 0.15) is 29.8 Å². The van der Waals surface area contributed by atoms with Gasteiger partial charge in [-0.25, -0.2) is 8.42 Å². The van der Waals surface area contributed by atoms with E-state index in [2.05, 4.69) is 5.32 Å². The number of anilines is 1. The molecule has 0 bridgehead atoms. The van der Waals surface area contributed by atoms with E-state index in [1.54, 1.807) is 32.0 Å². The van der Waals surface area contributed by atoms with Crippen LogP contribution in [0.3, 0.4) is 0 Å². The average molecular weight is 381 g/mol. The largest absolute Gasteiger partial charge is 0.322 e. The predicted octanol–water partition coefficient (Wildman–Crippen LogP) is 3.93. The second-order valence-electron chi connectivity index (χ2n) is 5.53. The van der Waals surface area contributed by atoms with Crippen LogP contribution in [0, 0.1) is 6.92 Å². The van der Waals surface area contributed by atoms with Crippen LogP contribution < -0.4 is 5.32 Å². The summed E-state index contributed by atoms with van der Waals surface area (Å²) in [4.78, 5) is 12.5. The van der Waals surface area contributed by atoms with Crippen molar-refractivity contribution in [3.05, 3.63) is 58.6 Å². The maximum atomic E-state index is 12.5. The molecule has 0 aliphatic carbocycles. The first-order chi connectivity index (χ1) is 11.8. The number of rotatable bonds is 6. The van der Waals surface area contributed by atoms with E-state index in [9.17, 15) is 13.2 Å². The Morgan fingerprint density at radius 3 is 2.20 bits per heavy atom. The van der Waals surface area contributed by atoms with E-state index in [1.807, 2.05) is 6.92 Å². The fourth-order valence-corrected chi connectivity index (χ4v) is 4.14. The molecule has 2 aromatic carbocycles. The lowest BCUT2D eigenvalue weighted by Gasteiger charge is -2.18. The van der Waals surface area contributed by atoms with Crippen molar-refractivity contribution in [3.63, 3.8) is 0 Å². The third-order valence-corrected chi connectivity index (χ3v) is 6.20. The van der Waals surface area contributed by atoms with Gasteiger partial charge in [-0.1, -0.05) is 25.4 Å². The quantitative estimate of drug-likeness (QED) is 0.825. The SMILES string of the molecule is CCN(CC)S(=O)(=O)c1ccc(C(=O)Nc2ccc(Cl)cc2C)cc1. The number of nitrogens with zero attached hydrogens (tertiary/aromatic N) is 1. The number of halogens is 1. The van der Waals surface area contributed by atoms with Crippen molar-refractivity contribution in [3.8, 4) is 0 Å². The molecule has 0 spiro atoms. The highest BCUT2D eigenvalue weighted by atomic mass is 35.5. The van der Waals surface area contributed by atoms with E-state index < -0.39 is 10.0 Å². The first-order valence-electron chi connectivity index (χ1n) is 7.97. The van der Waals surface area contributed by atoms with Gasteiger partial charge in [-0.3, -0.25) is 4.79 Å². The maximum Gasteiger partial charge on any atom is 0.255 e. The molecule has 1 amide bonds. The molecule has 0 saturated carbocycles. The number of benzene rings is 2. The van der Waals surface area contributed by atoms with E-state index in [4.69, 9.17) is 11.6 Å². The molecular weight excluding hydrogens is 360 g/mol. The molecule has 134 valence electrons. The van der Waals surface area contributed by atoms with Crippen molar-refractivity contribution in [1.82, 2.24) is 4.31 Å². The molecule has 2 aromatic rings. The Morgan fingerprint density at radius 2 is 1.68 bits per heavy atom. The molecule has 0 atom stereocenters. The van der Waals surface area contributed by atoms with Crippen LogP contribution in [0.5, 0.6) is 0 Å². The minimum absolute atomic E-state index is 0.176. The first kappa shape index (κ1) is 19.4. The average Bonchev–Trinajstić information content (AvgIpc) is 2.58. The number of carbonyl (C=O) groups excluding carboxylic acids is 1. The molecule has 0 radical (unpaired) electrons. The van der Waals surface area contributed by atoms with Gasteiger partial charge in [0.1, 0.15) is 0 Å². The number of nitrogens with one attached hydrogen (secondary N) is 1. The molecule has 0 aliphatic rings. The number of aryl methyl sites for hydroxylation is 1. The van der Waals surface area contributed by atoms with E-state index >= 15 is 0 Å². The van der Waals surface area contributed by atoms with Crippen LogP contribution in [0.15, 0.2) is 47.4 Å². The standard InChI is InChI=1S/C18H21ClN2O3S/c1-4-21(5-2)25(23,24)16-9-6-14(7-10-16)18(22)20-17-11-8-15(19)12-13(17)3/h6-12H,4-5H2,1-3H3,(H,20,22). The Balaban J connectivity index is 2.20. The summed E-state index contributed by atoms with van der Waals surface area (Å²) in [6.07, 6.45) is 0. The van der Waals surface area contributed by atoms with Crippen molar-refractivity contribution < 1.29 is 13.2 Å². The molecule has 25 heavy (non-hydrogen) atoms. The number of hydrogen-bond donors (Lipinski definition) is 1. The molecule has 0 heterocycles. The van der Waals surface area contributed by atoms with Gasteiger partial charge in [0.15, 0.2) is 0 Å². The molecule has 0 aliphatic heterocycles. The van der Waals surface area contributed by atoms with Crippen LogP contribution in [0.2, 0.25) is 5.02 Å². The van der Waals surface area contributed by atoms with Crippen molar-refractivity contribution >= 4 is 33.2 Å². The first-order valence-corrected chi connectivity index (χ1v) is 9.79. The Morgan fingerprint density at radius 1 is 1.08 bits per heavy atom. The van der Waals surface area contributed by atoms with Gasteiger partial charge in [0, 0.05) is 29.4 Å². The van der Waals surface area contributed by atoms with Crippen molar-refractivity contribution in [2.24, 2.45) is 0 Å². The highest BCUT2D eigenvalue weighted by molar-refractivity contribution is 7.89. The zero-order valence-corrected chi connectivity index (χ0v) is 16.0. The highest BCUT2D eigenvalue weighted by Crippen LogP contribution is 2.21. The molecule has 0 saturated heterocycles. The fourth-order valence-electron chi connectivity index (χ4n) is 2.45. The summed E-state index contributed by atoms with van der Waals surface area (Å²) >= 11 is 5.91. The molecule has 5 nitrogen and oxygen atoms in total. The zero-order chi connectivity index (χ0) is 18.6. The smallest absolute Gasteiger partial charge is 0.255 e. The third-order valence-electron chi connectivity index (χ3n) is 3.90. The van der Waals surface area contributed by atoms with Crippen LogP contribution >= 0.6 is 11.6 Å². The van der Waals surface area contributed by atoms with E-state index in [1.165, 1.54) is 28.6 Å². The summed E-state index contributed by atoms with van der Waals surface area (Å²) in [6, 6.07) is 11.1. The topological polar surface area (TPSA) is 66.5 Å². The highest BCUT2D eigenvalue weighted by Gasteiger charge is 2.21. The molecule has 1 N–H and O–H groups in total. The van der Waals surface area contributed by atoms with Gasteiger partial charge >= 0.3 is 0 Å². The second kappa shape index (κ2) is 7.99. The van der Waals surface area contributed by atoms with Gasteiger partial charge < -0.3 is 5.32 Å². The van der Waals surface area contributed by atoms with E-state index in [-0.39, 0.29) is 10.8 Å². The summed E-state index contributed by atoms with van der Waals surface area (Å²) in [5.41, 5.74) is 1.89. The third kappa shape index (κ3) is 4.39. The number of hydrogen-bond acceptors (Lipinski definition) is 3. The Bertz CT molecular complexity index is 860. The maximum absolute atomic E-state index is 12.5. The molecule has 0 fully saturated rings. The summed E-state index contributed by atoms with van der Waals surface area (Å²) in [6.45, 7) is 6.23.